The highest BCUT2D eigenvalue weighted by Gasteiger charge is 2.21. The molecule has 2 heterocycles. The molecule has 0 atom stereocenters. The van der Waals surface area contributed by atoms with Gasteiger partial charge < -0.3 is 9.64 Å². The van der Waals surface area contributed by atoms with Crippen LogP contribution >= 0.6 is 15.9 Å². The van der Waals surface area contributed by atoms with Crippen molar-refractivity contribution in [1.29, 1.82) is 0 Å². The van der Waals surface area contributed by atoms with Crippen molar-refractivity contribution in [2.45, 2.75) is 46.5 Å². The molecule has 0 saturated heterocycles. The molecule has 0 unspecified atom stereocenters. The zero-order valence-electron chi connectivity index (χ0n) is 19.0. The van der Waals surface area contributed by atoms with Crippen LogP contribution in [0.4, 0.5) is 4.39 Å². The third-order valence-electron chi connectivity index (χ3n) is 5.60. The quantitative estimate of drug-likeness (QED) is 0.227. The van der Waals surface area contributed by atoms with Gasteiger partial charge in [-0.25, -0.2) is 9.37 Å². The second kappa shape index (κ2) is 11.6. The lowest BCUT2D eigenvalue weighted by atomic mass is 10.0. The van der Waals surface area contributed by atoms with Gasteiger partial charge in [0.2, 0.25) is 5.78 Å². The Morgan fingerprint density at radius 1 is 1.16 bits per heavy atom. The number of hydrogen-bond acceptors (Lipinski definition) is 4. The summed E-state index contributed by atoms with van der Waals surface area (Å²) in [5.74, 6) is 0.125. The number of pyridine rings is 1. The monoisotopic (exact) mass is 503 g/mol. The van der Waals surface area contributed by atoms with E-state index in [4.69, 9.17) is 4.74 Å². The van der Waals surface area contributed by atoms with Crippen LogP contribution in [0.1, 0.15) is 61.8 Å². The van der Waals surface area contributed by atoms with Crippen LogP contribution in [-0.2, 0) is 6.42 Å². The van der Waals surface area contributed by atoms with Crippen LogP contribution in [0.25, 0.3) is 5.65 Å². The van der Waals surface area contributed by atoms with Crippen LogP contribution in [0.2, 0.25) is 0 Å². The normalized spacial score (nSPS) is 11.4. The Kier molecular flexibility index (Phi) is 8.82. The highest BCUT2D eigenvalue weighted by Crippen LogP contribution is 2.28. The Bertz CT molecular complexity index is 1060. The number of hydrogen-bond donors (Lipinski definition) is 0. The minimum absolute atomic E-state index is 0.178. The lowest BCUT2D eigenvalue weighted by Gasteiger charge is -2.18. The van der Waals surface area contributed by atoms with Gasteiger partial charge in [0, 0.05) is 18.3 Å². The molecule has 2 aromatic heterocycles. The fourth-order valence-corrected chi connectivity index (χ4v) is 4.23. The molecule has 0 saturated carbocycles. The van der Waals surface area contributed by atoms with E-state index in [1.54, 1.807) is 22.6 Å². The zero-order valence-corrected chi connectivity index (χ0v) is 20.6. The van der Waals surface area contributed by atoms with Gasteiger partial charge in [-0.05, 0) is 78.6 Å². The standard InChI is InChI=1S/C25H31BrFN3O2/c1-4-7-9-21-24(30-17-19(27)11-13-23(30)28-21)25(31)18-10-12-22(20(26)16-18)32-15-8-14-29(5-2)6-3/h10-13,16-17H,4-9,14-15H2,1-3H3. The largest absolute Gasteiger partial charge is 0.492 e. The van der Waals surface area contributed by atoms with Gasteiger partial charge in [0.25, 0.3) is 0 Å². The number of rotatable bonds is 12. The smallest absolute Gasteiger partial charge is 0.211 e. The number of halogens is 2. The Morgan fingerprint density at radius 3 is 2.62 bits per heavy atom. The molecule has 0 aliphatic heterocycles. The summed E-state index contributed by atoms with van der Waals surface area (Å²) in [5, 5.41) is 0. The number of aryl methyl sites for hydroxylation is 1. The van der Waals surface area contributed by atoms with Gasteiger partial charge in [-0.15, -0.1) is 0 Å². The third kappa shape index (κ3) is 5.75. The van der Waals surface area contributed by atoms with Gasteiger partial charge in [0.1, 0.15) is 22.9 Å². The van der Waals surface area contributed by atoms with E-state index < -0.39 is 5.82 Å². The van der Waals surface area contributed by atoms with E-state index in [1.807, 2.05) is 6.07 Å². The Labute approximate surface area is 197 Å². The van der Waals surface area contributed by atoms with Crippen LogP contribution in [0.3, 0.4) is 0 Å². The van der Waals surface area contributed by atoms with Crippen LogP contribution in [-0.4, -0.2) is 46.3 Å². The molecule has 3 rings (SSSR count). The first kappa shape index (κ1) is 24.4. The second-order valence-electron chi connectivity index (χ2n) is 7.79. The summed E-state index contributed by atoms with van der Waals surface area (Å²) in [7, 11) is 0. The van der Waals surface area contributed by atoms with Crippen molar-refractivity contribution < 1.29 is 13.9 Å². The second-order valence-corrected chi connectivity index (χ2v) is 8.64. The van der Waals surface area contributed by atoms with E-state index >= 15 is 0 Å². The Morgan fingerprint density at radius 2 is 1.94 bits per heavy atom. The van der Waals surface area contributed by atoms with Crippen molar-refractivity contribution in [3.63, 3.8) is 0 Å². The number of carbonyl (C=O) groups is 1. The summed E-state index contributed by atoms with van der Waals surface area (Å²) in [6, 6.07) is 8.31. The predicted octanol–water partition coefficient (Wildman–Crippen LogP) is 5.92. The lowest BCUT2D eigenvalue weighted by molar-refractivity contribution is 0.103. The summed E-state index contributed by atoms with van der Waals surface area (Å²) in [6.07, 6.45) is 4.84. The summed E-state index contributed by atoms with van der Waals surface area (Å²) in [5.41, 5.74) is 2.22. The fourth-order valence-electron chi connectivity index (χ4n) is 3.73. The molecule has 172 valence electrons. The minimum atomic E-state index is -0.402. The van der Waals surface area contributed by atoms with Crippen molar-refractivity contribution in [1.82, 2.24) is 14.3 Å². The average Bonchev–Trinajstić information content (AvgIpc) is 3.15. The van der Waals surface area contributed by atoms with E-state index in [2.05, 4.69) is 46.6 Å². The molecule has 0 aliphatic rings. The Hall–Kier alpha value is -2.25. The Balaban J connectivity index is 1.80. The number of imidazole rings is 1. The van der Waals surface area contributed by atoms with Crippen LogP contribution in [0, 0.1) is 5.82 Å². The predicted molar refractivity (Wildman–Crippen MR) is 129 cm³/mol. The van der Waals surface area contributed by atoms with E-state index in [9.17, 15) is 9.18 Å². The van der Waals surface area contributed by atoms with Crippen LogP contribution in [0.5, 0.6) is 5.75 Å². The molecule has 0 aliphatic carbocycles. The van der Waals surface area contributed by atoms with Crippen molar-refractivity contribution in [2.75, 3.05) is 26.2 Å². The van der Waals surface area contributed by atoms with Crippen molar-refractivity contribution >= 4 is 27.4 Å². The molecule has 5 nitrogen and oxygen atoms in total. The minimum Gasteiger partial charge on any atom is -0.492 e. The number of nitrogens with zero attached hydrogens (tertiary/aromatic N) is 3. The maximum atomic E-state index is 13.9. The fraction of sp³-hybridized carbons (Fsp3) is 0.440. The van der Waals surface area contributed by atoms with Crippen LogP contribution in [0.15, 0.2) is 41.0 Å². The molecule has 0 N–H and O–H groups in total. The van der Waals surface area contributed by atoms with Gasteiger partial charge in [-0.2, -0.15) is 0 Å². The molecule has 0 amide bonds. The maximum absolute atomic E-state index is 13.9. The van der Waals surface area contributed by atoms with Crippen molar-refractivity contribution in [3.05, 3.63) is 63.8 Å². The summed E-state index contributed by atoms with van der Waals surface area (Å²) < 4.78 is 22.1. The van der Waals surface area contributed by atoms with E-state index in [-0.39, 0.29) is 5.78 Å². The SMILES string of the molecule is CCCCc1nc2ccc(F)cn2c1C(=O)c1ccc(OCCCN(CC)CC)c(Br)c1. The van der Waals surface area contributed by atoms with Gasteiger partial charge in [-0.3, -0.25) is 9.20 Å². The van der Waals surface area contributed by atoms with Crippen molar-refractivity contribution in [2.24, 2.45) is 0 Å². The molecule has 0 spiro atoms. The maximum Gasteiger partial charge on any atom is 0.211 e. The first-order valence-corrected chi connectivity index (χ1v) is 12.1. The molecule has 0 fully saturated rings. The summed E-state index contributed by atoms with van der Waals surface area (Å²) >= 11 is 3.54. The molecular weight excluding hydrogens is 473 g/mol. The number of carbonyl (C=O) groups excluding carboxylic acids is 1. The van der Waals surface area contributed by atoms with Gasteiger partial charge in [-0.1, -0.05) is 27.2 Å². The first-order valence-electron chi connectivity index (χ1n) is 11.3. The first-order chi connectivity index (χ1) is 15.5. The zero-order chi connectivity index (χ0) is 23.1. The topological polar surface area (TPSA) is 46.8 Å². The van der Waals surface area contributed by atoms with Gasteiger partial charge in [0.05, 0.1) is 16.8 Å². The summed E-state index contributed by atoms with van der Waals surface area (Å²) in [6.45, 7) is 10.1. The van der Waals surface area contributed by atoms with Crippen LogP contribution < -0.4 is 4.74 Å². The molecule has 0 radical (unpaired) electrons. The third-order valence-corrected chi connectivity index (χ3v) is 6.22. The number of benzene rings is 1. The van der Waals surface area contributed by atoms with E-state index in [0.29, 0.717) is 41.4 Å². The molecule has 1 aromatic carbocycles. The molecule has 3 aromatic rings. The lowest BCUT2D eigenvalue weighted by Crippen LogP contribution is -2.25. The molecular formula is C25H31BrFN3O2. The van der Waals surface area contributed by atoms with E-state index in [1.165, 1.54) is 12.3 Å². The van der Waals surface area contributed by atoms with Crippen molar-refractivity contribution in [3.8, 4) is 5.75 Å². The van der Waals surface area contributed by atoms with Gasteiger partial charge in [0.15, 0.2) is 0 Å². The number of fused-ring (bicyclic) bond motifs is 1. The number of aromatic nitrogens is 2. The number of unbranched alkanes of at least 4 members (excludes halogenated alkanes) is 1. The van der Waals surface area contributed by atoms with Gasteiger partial charge >= 0.3 is 0 Å². The number of ether oxygens (including phenoxy) is 1. The molecule has 32 heavy (non-hydrogen) atoms. The highest BCUT2D eigenvalue weighted by atomic mass is 79.9. The highest BCUT2D eigenvalue weighted by molar-refractivity contribution is 9.10. The molecule has 7 heteroatoms. The van der Waals surface area contributed by atoms with E-state index in [0.717, 1.165) is 43.4 Å². The average molecular weight is 504 g/mol. The summed E-state index contributed by atoms with van der Waals surface area (Å²) in [4.78, 5) is 20.4. The number of ketones is 1. The molecule has 0 bridgehead atoms.